The smallest absolute Gasteiger partial charge is 0.242 e. The highest BCUT2D eigenvalue weighted by atomic mass is 35.5. The second-order valence-corrected chi connectivity index (χ2v) is 6.71. The average molecular weight is 373 g/mol. The summed E-state index contributed by atoms with van der Waals surface area (Å²) in [5, 5.41) is 7.45. The second kappa shape index (κ2) is 7.70. The maximum atomic E-state index is 12.3. The molecule has 0 radical (unpaired) electrons. The summed E-state index contributed by atoms with van der Waals surface area (Å²) in [6.07, 6.45) is 5.05. The Balaban J connectivity index is 1.92. The predicted molar refractivity (Wildman–Crippen MR) is 103 cm³/mol. The van der Waals surface area contributed by atoms with Gasteiger partial charge in [0.05, 0.1) is 5.02 Å². The third-order valence-corrected chi connectivity index (χ3v) is 4.20. The van der Waals surface area contributed by atoms with Crippen molar-refractivity contribution in [3.8, 4) is 11.4 Å². The van der Waals surface area contributed by atoms with Crippen LogP contribution < -0.4 is 10.6 Å². The Bertz CT molecular complexity index is 923. The number of H-pyrrole nitrogens is 1. The van der Waals surface area contributed by atoms with Crippen molar-refractivity contribution in [3.63, 3.8) is 0 Å². The van der Waals surface area contributed by atoms with Crippen LogP contribution in [0.4, 0.5) is 5.82 Å². The number of anilines is 1. The molecule has 0 bridgehead atoms. The molecule has 7 nitrogen and oxygen atoms in total. The van der Waals surface area contributed by atoms with E-state index in [1.807, 2.05) is 26.8 Å². The molecule has 0 aliphatic carbocycles. The molecule has 26 heavy (non-hydrogen) atoms. The van der Waals surface area contributed by atoms with Crippen molar-refractivity contribution >= 4 is 34.4 Å². The molecule has 0 spiro atoms. The van der Waals surface area contributed by atoms with Gasteiger partial charge in [-0.3, -0.25) is 4.79 Å². The standard InChI is InChI=1S/C18H21ClN6O/c1-4-20-18(26)15(10(2)3)24-14-5-6-21-17(25-14)13-9-23-16-12(13)7-11(19)8-22-16/h5-10,15H,4H2,1-3H3,(H,20,26)(H,22,23)(H,21,24,25). The molecule has 1 unspecified atom stereocenters. The van der Waals surface area contributed by atoms with Gasteiger partial charge in [-0.25, -0.2) is 15.0 Å². The fraction of sp³-hybridized carbons (Fsp3) is 0.333. The van der Waals surface area contributed by atoms with E-state index in [9.17, 15) is 4.79 Å². The van der Waals surface area contributed by atoms with E-state index in [0.29, 0.717) is 28.9 Å². The number of fused-ring (bicyclic) bond motifs is 1. The minimum Gasteiger partial charge on any atom is -0.358 e. The van der Waals surface area contributed by atoms with Crippen molar-refractivity contribution in [1.82, 2.24) is 25.3 Å². The van der Waals surface area contributed by atoms with E-state index in [0.717, 1.165) is 10.9 Å². The number of likely N-dealkylation sites (N-methyl/N-ethyl adjacent to an activating group) is 1. The number of carbonyl (C=O) groups excluding carboxylic acids is 1. The molecule has 3 heterocycles. The lowest BCUT2D eigenvalue weighted by Gasteiger charge is -2.22. The lowest BCUT2D eigenvalue weighted by molar-refractivity contribution is -0.122. The molecule has 0 aromatic carbocycles. The Morgan fingerprint density at radius 2 is 2.15 bits per heavy atom. The zero-order chi connectivity index (χ0) is 18.7. The van der Waals surface area contributed by atoms with Gasteiger partial charge in [0.25, 0.3) is 0 Å². The number of rotatable bonds is 6. The van der Waals surface area contributed by atoms with Gasteiger partial charge in [0.1, 0.15) is 17.5 Å². The van der Waals surface area contributed by atoms with Gasteiger partial charge in [0.2, 0.25) is 5.91 Å². The van der Waals surface area contributed by atoms with Crippen molar-refractivity contribution < 1.29 is 4.79 Å². The van der Waals surface area contributed by atoms with Crippen molar-refractivity contribution in [2.75, 3.05) is 11.9 Å². The highest BCUT2D eigenvalue weighted by molar-refractivity contribution is 6.31. The second-order valence-electron chi connectivity index (χ2n) is 6.28. The topological polar surface area (TPSA) is 95.6 Å². The zero-order valence-electron chi connectivity index (χ0n) is 14.9. The van der Waals surface area contributed by atoms with Crippen LogP contribution in [-0.4, -0.2) is 38.4 Å². The maximum Gasteiger partial charge on any atom is 0.242 e. The molecule has 0 saturated carbocycles. The monoisotopic (exact) mass is 372 g/mol. The van der Waals surface area contributed by atoms with Crippen LogP contribution in [0.2, 0.25) is 5.02 Å². The van der Waals surface area contributed by atoms with Gasteiger partial charge in [-0.2, -0.15) is 0 Å². The maximum absolute atomic E-state index is 12.3. The molecular formula is C18H21ClN6O. The van der Waals surface area contributed by atoms with Gasteiger partial charge in [0, 0.05) is 36.1 Å². The molecule has 136 valence electrons. The molecule has 3 aromatic rings. The summed E-state index contributed by atoms with van der Waals surface area (Å²) in [4.78, 5) is 28.5. The number of amides is 1. The van der Waals surface area contributed by atoms with Gasteiger partial charge in [-0.1, -0.05) is 25.4 Å². The normalized spacial score (nSPS) is 12.3. The molecule has 0 fully saturated rings. The molecular weight excluding hydrogens is 352 g/mol. The summed E-state index contributed by atoms with van der Waals surface area (Å²) in [7, 11) is 0. The van der Waals surface area contributed by atoms with E-state index in [-0.39, 0.29) is 17.9 Å². The van der Waals surface area contributed by atoms with Gasteiger partial charge >= 0.3 is 0 Å². The van der Waals surface area contributed by atoms with Crippen LogP contribution in [0, 0.1) is 5.92 Å². The van der Waals surface area contributed by atoms with Crippen LogP contribution in [-0.2, 0) is 4.79 Å². The van der Waals surface area contributed by atoms with Gasteiger partial charge in [-0.05, 0) is 25.0 Å². The first-order valence-corrected chi connectivity index (χ1v) is 8.87. The van der Waals surface area contributed by atoms with Crippen LogP contribution in [0.1, 0.15) is 20.8 Å². The predicted octanol–water partition coefficient (Wildman–Crippen LogP) is 3.25. The number of carbonyl (C=O) groups is 1. The average Bonchev–Trinajstić information content (AvgIpc) is 3.03. The fourth-order valence-corrected chi connectivity index (χ4v) is 2.87. The Morgan fingerprint density at radius 3 is 2.88 bits per heavy atom. The number of hydrogen-bond acceptors (Lipinski definition) is 5. The zero-order valence-corrected chi connectivity index (χ0v) is 15.6. The molecule has 1 atom stereocenters. The summed E-state index contributed by atoms with van der Waals surface area (Å²) in [5.41, 5.74) is 1.52. The van der Waals surface area contributed by atoms with Crippen LogP contribution >= 0.6 is 11.6 Å². The van der Waals surface area contributed by atoms with E-state index < -0.39 is 0 Å². The molecule has 3 N–H and O–H groups in total. The van der Waals surface area contributed by atoms with Gasteiger partial charge in [-0.15, -0.1) is 0 Å². The minimum atomic E-state index is -0.378. The van der Waals surface area contributed by atoms with E-state index in [2.05, 4.69) is 30.6 Å². The van der Waals surface area contributed by atoms with Crippen molar-refractivity contribution in [2.24, 2.45) is 5.92 Å². The number of halogens is 1. The third-order valence-electron chi connectivity index (χ3n) is 4.00. The quantitative estimate of drug-likeness (QED) is 0.617. The van der Waals surface area contributed by atoms with Crippen LogP contribution in [0.5, 0.6) is 0 Å². The van der Waals surface area contributed by atoms with E-state index in [1.54, 1.807) is 24.7 Å². The molecule has 8 heteroatoms. The summed E-state index contributed by atoms with van der Waals surface area (Å²) in [6, 6.07) is 3.19. The van der Waals surface area contributed by atoms with E-state index >= 15 is 0 Å². The summed E-state index contributed by atoms with van der Waals surface area (Å²) in [5.74, 6) is 1.18. The summed E-state index contributed by atoms with van der Waals surface area (Å²) >= 11 is 6.06. The molecule has 0 aliphatic heterocycles. The first-order chi connectivity index (χ1) is 12.5. The Labute approximate surface area is 156 Å². The SMILES string of the molecule is CCNC(=O)C(Nc1ccnc(-c2c[nH]c3ncc(Cl)cc23)n1)C(C)C. The van der Waals surface area contributed by atoms with Crippen molar-refractivity contribution in [3.05, 3.63) is 35.7 Å². The number of aromatic amines is 1. The highest BCUT2D eigenvalue weighted by Crippen LogP contribution is 2.27. The van der Waals surface area contributed by atoms with E-state index in [1.165, 1.54) is 0 Å². The number of aromatic nitrogens is 4. The fourth-order valence-electron chi connectivity index (χ4n) is 2.71. The van der Waals surface area contributed by atoms with Gasteiger partial charge < -0.3 is 15.6 Å². The largest absolute Gasteiger partial charge is 0.358 e. The number of pyridine rings is 1. The Morgan fingerprint density at radius 1 is 1.35 bits per heavy atom. The molecule has 3 aromatic heterocycles. The molecule has 0 aliphatic rings. The molecule has 0 saturated heterocycles. The van der Waals surface area contributed by atoms with Gasteiger partial charge in [0.15, 0.2) is 5.82 Å². The van der Waals surface area contributed by atoms with Crippen LogP contribution in [0.25, 0.3) is 22.4 Å². The minimum absolute atomic E-state index is 0.0502. The van der Waals surface area contributed by atoms with Crippen molar-refractivity contribution in [2.45, 2.75) is 26.8 Å². The lowest BCUT2D eigenvalue weighted by Crippen LogP contribution is -2.43. The summed E-state index contributed by atoms with van der Waals surface area (Å²) in [6.45, 7) is 6.46. The first-order valence-electron chi connectivity index (χ1n) is 8.50. The molecule has 1 amide bonds. The lowest BCUT2D eigenvalue weighted by atomic mass is 10.0. The van der Waals surface area contributed by atoms with E-state index in [4.69, 9.17) is 11.6 Å². The summed E-state index contributed by atoms with van der Waals surface area (Å²) < 4.78 is 0. The first kappa shape index (κ1) is 18.1. The van der Waals surface area contributed by atoms with Crippen LogP contribution in [0.15, 0.2) is 30.7 Å². The van der Waals surface area contributed by atoms with Crippen molar-refractivity contribution in [1.29, 1.82) is 0 Å². The Kier molecular flexibility index (Phi) is 5.37. The highest BCUT2D eigenvalue weighted by Gasteiger charge is 2.22. The number of nitrogens with zero attached hydrogens (tertiary/aromatic N) is 3. The Hall–Kier alpha value is -2.67. The third kappa shape index (κ3) is 3.77. The number of nitrogens with one attached hydrogen (secondary N) is 3. The number of hydrogen-bond donors (Lipinski definition) is 3. The van der Waals surface area contributed by atoms with Crippen LogP contribution in [0.3, 0.4) is 0 Å². The molecule has 3 rings (SSSR count).